The predicted octanol–water partition coefficient (Wildman–Crippen LogP) is 2.07. The van der Waals surface area contributed by atoms with Crippen molar-refractivity contribution in [1.82, 2.24) is 5.32 Å². The van der Waals surface area contributed by atoms with Gasteiger partial charge >= 0.3 is 5.97 Å². The quantitative estimate of drug-likeness (QED) is 0.672. The highest BCUT2D eigenvalue weighted by atomic mass is 35.5. The molecule has 0 radical (unpaired) electrons. The number of halogens is 2. The van der Waals surface area contributed by atoms with Gasteiger partial charge in [0.2, 0.25) is 0 Å². The highest BCUT2D eigenvalue weighted by molar-refractivity contribution is 7.99. The van der Waals surface area contributed by atoms with Crippen LogP contribution in [0.1, 0.15) is 12.0 Å². The van der Waals surface area contributed by atoms with E-state index in [0.717, 1.165) is 5.56 Å². The third-order valence-corrected chi connectivity index (χ3v) is 6.92. The van der Waals surface area contributed by atoms with Gasteiger partial charge in [-0.25, -0.2) is 8.42 Å². The molecule has 0 saturated carbocycles. The number of amides is 1. The van der Waals surface area contributed by atoms with E-state index in [9.17, 15) is 18.0 Å². The highest BCUT2D eigenvalue weighted by Gasteiger charge is 2.28. The van der Waals surface area contributed by atoms with Crippen molar-refractivity contribution < 1.29 is 22.7 Å². The first-order valence-corrected chi connectivity index (χ1v) is 11.2. The van der Waals surface area contributed by atoms with Crippen molar-refractivity contribution in [3.05, 3.63) is 33.8 Å². The van der Waals surface area contributed by atoms with Crippen molar-refractivity contribution in [1.29, 1.82) is 0 Å². The number of sulfone groups is 1. The molecule has 1 N–H and O–H groups in total. The number of ether oxygens (including phenoxy) is 1. The number of esters is 1. The van der Waals surface area contributed by atoms with E-state index in [1.807, 2.05) is 6.07 Å². The van der Waals surface area contributed by atoms with Crippen LogP contribution >= 0.6 is 35.0 Å². The number of rotatable bonds is 7. The molecule has 1 aromatic rings. The van der Waals surface area contributed by atoms with Gasteiger partial charge in [-0.1, -0.05) is 29.3 Å². The van der Waals surface area contributed by atoms with Crippen molar-refractivity contribution in [2.45, 2.75) is 18.2 Å². The van der Waals surface area contributed by atoms with Crippen LogP contribution in [0.5, 0.6) is 0 Å². The molecular weight excluding hydrogens is 409 g/mol. The molecule has 1 unspecified atom stereocenters. The van der Waals surface area contributed by atoms with Crippen molar-refractivity contribution in [2.24, 2.45) is 0 Å². The second kappa shape index (κ2) is 9.12. The molecule has 25 heavy (non-hydrogen) atoms. The lowest BCUT2D eigenvalue weighted by Gasteiger charge is -2.11. The van der Waals surface area contributed by atoms with Crippen LogP contribution in [0.25, 0.3) is 0 Å². The monoisotopic (exact) mass is 425 g/mol. The Hall–Kier alpha value is -0.960. The minimum absolute atomic E-state index is 0.0633. The van der Waals surface area contributed by atoms with E-state index in [1.54, 1.807) is 12.1 Å². The average molecular weight is 426 g/mol. The number of nitrogens with one attached hydrogen (secondary N) is 1. The maximum Gasteiger partial charge on any atom is 0.316 e. The maximum atomic E-state index is 11.7. The normalized spacial score (nSPS) is 18.7. The molecule has 6 nitrogen and oxygen atoms in total. The van der Waals surface area contributed by atoms with Crippen LogP contribution < -0.4 is 5.32 Å². The second-order valence-corrected chi connectivity index (χ2v) is 9.60. The molecule has 0 spiro atoms. The van der Waals surface area contributed by atoms with Crippen molar-refractivity contribution >= 4 is 56.7 Å². The molecule has 0 bridgehead atoms. The zero-order valence-electron chi connectivity index (χ0n) is 13.2. The SMILES string of the molecule is O=C(COC(=O)CSCc1ccc(Cl)c(Cl)c1)NC1CCS(=O)(=O)C1. The fourth-order valence-corrected chi connectivity index (χ4v) is 5.01. The molecule has 0 aliphatic carbocycles. The van der Waals surface area contributed by atoms with Crippen LogP contribution in [-0.4, -0.2) is 50.2 Å². The average Bonchev–Trinajstić information content (AvgIpc) is 2.87. The Labute approximate surface area is 160 Å². The maximum absolute atomic E-state index is 11.7. The third kappa shape index (κ3) is 7.05. The van der Waals surface area contributed by atoms with Crippen LogP contribution in [0.3, 0.4) is 0 Å². The fourth-order valence-electron chi connectivity index (χ4n) is 2.25. The van der Waals surface area contributed by atoms with Crippen LogP contribution in [0.15, 0.2) is 18.2 Å². The summed E-state index contributed by atoms with van der Waals surface area (Å²) < 4.78 is 27.5. The summed E-state index contributed by atoms with van der Waals surface area (Å²) in [5, 5.41) is 3.47. The lowest BCUT2D eigenvalue weighted by atomic mass is 10.2. The van der Waals surface area contributed by atoms with Crippen molar-refractivity contribution in [2.75, 3.05) is 23.9 Å². The van der Waals surface area contributed by atoms with E-state index in [1.165, 1.54) is 11.8 Å². The molecule has 10 heteroatoms. The number of carbonyl (C=O) groups is 2. The van der Waals surface area contributed by atoms with E-state index in [0.29, 0.717) is 22.2 Å². The van der Waals surface area contributed by atoms with Gasteiger partial charge in [0, 0.05) is 11.8 Å². The topological polar surface area (TPSA) is 89.5 Å². The van der Waals surface area contributed by atoms with Crippen LogP contribution in [-0.2, 0) is 29.9 Å². The summed E-state index contributed by atoms with van der Waals surface area (Å²) in [5.41, 5.74) is 0.924. The van der Waals surface area contributed by atoms with Gasteiger partial charge in [-0.05, 0) is 24.1 Å². The zero-order chi connectivity index (χ0) is 18.4. The van der Waals surface area contributed by atoms with Gasteiger partial charge in [-0.2, -0.15) is 0 Å². The Kier molecular flexibility index (Phi) is 7.42. The minimum Gasteiger partial charge on any atom is -0.455 e. The first kappa shape index (κ1) is 20.4. The van der Waals surface area contributed by atoms with Gasteiger partial charge in [0.1, 0.15) is 0 Å². The lowest BCUT2D eigenvalue weighted by Crippen LogP contribution is -2.38. The van der Waals surface area contributed by atoms with Crippen LogP contribution in [0.2, 0.25) is 10.0 Å². The summed E-state index contributed by atoms with van der Waals surface area (Å²) in [7, 11) is -3.06. The van der Waals surface area contributed by atoms with E-state index in [-0.39, 0.29) is 17.3 Å². The molecule has 1 aliphatic rings. The van der Waals surface area contributed by atoms with Crippen molar-refractivity contribution in [3.8, 4) is 0 Å². The predicted molar refractivity (Wildman–Crippen MR) is 98.8 cm³/mol. The van der Waals surface area contributed by atoms with Crippen LogP contribution in [0.4, 0.5) is 0 Å². The van der Waals surface area contributed by atoms with Gasteiger partial charge in [0.05, 0.1) is 27.3 Å². The number of thioether (sulfide) groups is 1. The molecule has 1 aromatic carbocycles. The van der Waals surface area contributed by atoms with E-state index in [4.69, 9.17) is 27.9 Å². The minimum atomic E-state index is -3.06. The largest absolute Gasteiger partial charge is 0.455 e. The van der Waals surface area contributed by atoms with Crippen molar-refractivity contribution in [3.63, 3.8) is 0 Å². The summed E-state index contributed by atoms with van der Waals surface area (Å²) in [6, 6.07) is 4.83. The molecule has 1 aliphatic heterocycles. The first-order chi connectivity index (χ1) is 11.7. The standard InChI is InChI=1S/C15H17Cl2NO5S2/c16-12-2-1-10(5-13(12)17)7-24-8-15(20)23-6-14(19)18-11-3-4-25(21,22)9-11/h1-2,5,11H,3-4,6-9H2,(H,18,19). The molecule has 138 valence electrons. The molecule has 1 fully saturated rings. The van der Waals surface area contributed by atoms with Gasteiger partial charge in [0.15, 0.2) is 16.4 Å². The number of carbonyl (C=O) groups excluding carboxylic acids is 2. The van der Waals surface area contributed by atoms with E-state index >= 15 is 0 Å². The Morgan fingerprint density at radius 3 is 2.68 bits per heavy atom. The van der Waals surface area contributed by atoms with Crippen LogP contribution in [0, 0.1) is 0 Å². The summed E-state index contributed by atoms with van der Waals surface area (Å²) in [4.78, 5) is 23.3. The highest BCUT2D eigenvalue weighted by Crippen LogP contribution is 2.24. The first-order valence-electron chi connectivity index (χ1n) is 7.42. The van der Waals surface area contributed by atoms with Gasteiger partial charge in [-0.3, -0.25) is 9.59 Å². The Morgan fingerprint density at radius 2 is 2.04 bits per heavy atom. The molecule has 1 heterocycles. The lowest BCUT2D eigenvalue weighted by molar-refractivity contribution is -0.146. The van der Waals surface area contributed by atoms with Gasteiger partial charge in [-0.15, -0.1) is 11.8 Å². The third-order valence-electron chi connectivity index (χ3n) is 3.43. The molecular formula is C15H17Cl2NO5S2. The van der Waals surface area contributed by atoms with E-state index < -0.39 is 34.4 Å². The smallest absolute Gasteiger partial charge is 0.316 e. The van der Waals surface area contributed by atoms with E-state index in [2.05, 4.69) is 5.32 Å². The Morgan fingerprint density at radius 1 is 1.28 bits per heavy atom. The summed E-state index contributed by atoms with van der Waals surface area (Å²) in [6.07, 6.45) is 0.390. The number of hydrogen-bond acceptors (Lipinski definition) is 6. The zero-order valence-corrected chi connectivity index (χ0v) is 16.3. The molecule has 2 rings (SSSR count). The Balaban J connectivity index is 1.63. The van der Waals surface area contributed by atoms with Gasteiger partial charge < -0.3 is 10.1 Å². The number of hydrogen-bond donors (Lipinski definition) is 1. The molecule has 0 aromatic heterocycles. The summed E-state index contributed by atoms with van der Waals surface area (Å²) in [6.45, 7) is -0.414. The molecule has 1 atom stereocenters. The second-order valence-electron chi connectivity index (χ2n) is 5.57. The fraction of sp³-hybridized carbons (Fsp3) is 0.467. The number of benzene rings is 1. The van der Waals surface area contributed by atoms with Gasteiger partial charge in [0.25, 0.3) is 5.91 Å². The molecule has 1 amide bonds. The Bertz CT molecular complexity index is 754. The summed E-state index contributed by atoms with van der Waals surface area (Å²) >= 11 is 13.1. The summed E-state index contributed by atoms with van der Waals surface area (Å²) in [5.74, 6) is -0.358. The molecule has 1 saturated heterocycles.